The molecule has 1 aliphatic heterocycles. The largest absolute Gasteiger partial charge is 0.357 e. The molecule has 152 valence electrons. The summed E-state index contributed by atoms with van der Waals surface area (Å²) < 4.78 is 23.0. The van der Waals surface area contributed by atoms with Crippen LogP contribution in [0.25, 0.3) is 6.08 Å². The van der Waals surface area contributed by atoms with Crippen LogP contribution in [-0.2, 0) is 9.84 Å². The van der Waals surface area contributed by atoms with Gasteiger partial charge in [0.2, 0.25) is 0 Å². The van der Waals surface area contributed by atoms with Gasteiger partial charge in [0.05, 0.1) is 11.3 Å². The van der Waals surface area contributed by atoms with Crippen LogP contribution in [0.3, 0.4) is 0 Å². The average Bonchev–Trinajstić information content (AvgIpc) is 2.59. The molecule has 0 unspecified atom stereocenters. The lowest BCUT2D eigenvalue weighted by Gasteiger charge is -2.32. The maximum Gasteiger partial charge on any atom is 0.193 e. The number of hydrogen-bond donors (Lipinski definition) is 1. The first-order valence-corrected chi connectivity index (χ1v) is 11.1. The highest BCUT2D eigenvalue weighted by Gasteiger charge is 2.30. The predicted molar refractivity (Wildman–Crippen MR) is 126 cm³/mol. The summed E-state index contributed by atoms with van der Waals surface area (Å²) in [6.07, 6.45) is 5.54. The Kier molecular flexibility index (Phi) is 9.27. The molecular weight excluding hydrogens is 473 g/mol. The second-order valence-corrected chi connectivity index (χ2v) is 10.1. The SMILES string of the molecule is CCNC(=NCC(C)(C)S(C)(=O)=O)N1CCC(=Cc2ccccc2)CC1.I. The van der Waals surface area contributed by atoms with E-state index in [0.717, 1.165) is 38.4 Å². The number of nitrogens with zero attached hydrogens (tertiary/aromatic N) is 2. The molecule has 0 bridgehead atoms. The molecule has 1 aromatic rings. The zero-order valence-corrected chi connectivity index (χ0v) is 19.9. The van der Waals surface area contributed by atoms with Gasteiger partial charge in [-0.25, -0.2) is 8.42 Å². The van der Waals surface area contributed by atoms with Gasteiger partial charge in [-0.15, -0.1) is 24.0 Å². The van der Waals surface area contributed by atoms with E-state index >= 15 is 0 Å². The lowest BCUT2D eigenvalue weighted by atomic mass is 10.0. The lowest BCUT2D eigenvalue weighted by Crippen LogP contribution is -2.45. The van der Waals surface area contributed by atoms with Crippen LogP contribution in [0.15, 0.2) is 40.9 Å². The lowest BCUT2D eigenvalue weighted by molar-refractivity contribution is 0.375. The number of piperidine rings is 1. The summed E-state index contributed by atoms with van der Waals surface area (Å²) in [6, 6.07) is 10.4. The van der Waals surface area contributed by atoms with E-state index in [1.165, 1.54) is 17.4 Å². The third-order valence-corrected chi connectivity index (χ3v) is 6.96. The Morgan fingerprint density at radius 3 is 2.33 bits per heavy atom. The van der Waals surface area contributed by atoms with Gasteiger partial charge in [-0.1, -0.05) is 42.0 Å². The zero-order valence-electron chi connectivity index (χ0n) is 16.7. The third-order valence-electron chi connectivity index (χ3n) is 4.82. The summed E-state index contributed by atoms with van der Waals surface area (Å²) in [5.74, 6) is 0.808. The van der Waals surface area contributed by atoms with Crippen LogP contribution in [-0.4, -0.2) is 56.5 Å². The van der Waals surface area contributed by atoms with Crippen LogP contribution in [0.1, 0.15) is 39.2 Å². The Labute approximate surface area is 181 Å². The van der Waals surface area contributed by atoms with Crippen molar-refractivity contribution in [3.05, 3.63) is 41.5 Å². The fourth-order valence-corrected chi connectivity index (χ4v) is 3.04. The number of benzene rings is 1. The van der Waals surface area contributed by atoms with Gasteiger partial charge in [-0.2, -0.15) is 0 Å². The van der Waals surface area contributed by atoms with Gasteiger partial charge in [0.25, 0.3) is 0 Å². The van der Waals surface area contributed by atoms with Gasteiger partial charge in [0.15, 0.2) is 15.8 Å². The van der Waals surface area contributed by atoms with Crippen molar-refractivity contribution in [2.45, 2.75) is 38.4 Å². The van der Waals surface area contributed by atoms with Gasteiger partial charge >= 0.3 is 0 Å². The van der Waals surface area contributed by atoms with Crippen molar-refractivity contribution in [1.29, 1.82) is 0 Å². The van der Waals surface area contributed by atoms with E-state index in [-0.39, 0.29) is 30.5 Å². The van der Waals surface area contributed by atoms with Crippen LogP contribution < -0.4 is 5.32 Å². The molecule has 1 aromatic carbocycles. The minimum atomic E-state index is -3.15. The molecule has 0 atom stereocenters. The first-order chi connectivity index (χ1) is 12.2. The maximum atomic E-state index is 11.9. The van der Waals surface area contributed by atoms with E-state index < -0.39 is 14.6 Å². The Bertz CT molecular complexity index is 749. The number of rotatable bonds is 5. The van der Waals surface area contributed by atoms with E-state index in [1.54, 1.807) is 13.8 Å². The molecule has 27 heavy (non-hydrogen) atoms. The molecule has 1 saturated heterocycles. The van der Waals surface area contributed by atoms with Crippen molar-refractivity contribution in [1.82, 2.24) is 10.2 Å². The number of nitrogens with one attached hydrogen (secondary N) is 1. The molecule has 1 heterocycles. The summed E-state index contributed by atoms with van der Waals surface area (Å²) >= 11 is 0. The molecule has 0 radical (unpaired) electrons. The zero-order chi connectivity index (χ0) is 19.2. The molecule has 0 spiro atoms. The van der Waals surface area contributed by atoms with E-state index in [1.807, 2.05) is 13.0 Å². The number of guanidine groups is 1. The number of halogens is 1. The van der Waals surface area contributed by atoms with Gasteiger partial charge in [-0.3, -0.25) is 4.99 Å². The standard InChI is InChI=1S/C20H31N3O2S.HI/c1-5-21-19(22-16-20(2,3)26(4,24)25)23-13-11-18(12-14-23)15-17-9-7-6-8-10-17;/h6-10,15H,5,11-14,16H2,1-4H3,(H,21,22);1H. The Hall–Kier alpha value is -1.09. The Balaban J connectivity index is 0.00000364. The molecule has 0 amide bonds. The minimum Gasteiger partial charge on any atom is -0.357 e. The molecule has 1 N–H and O–H groups in total. The number of sulfone groups is 1. The van der Waals surface area contributed by atoms with E-state index in [9.17, 15) is 8.42 Å². The van der Waals surface area contributed by atoms with Crippen molar-refractivity contribution in [2.75, 3.05) is 32.4 Å². The quantitative estimate of drug-likeness (QED) is 0.378. The van der Waals surface area contributed by atoms with Gasteiger partial charge in [-0.05, 0) is 39.2 Å². The summed E-state index contributed by atoms with van der Waals surface area (Å²) in [5.41, 5.74) is 2.69. The summed E-state index contributed by atoms with van der Waals surface area (Å²) in [5, 5.41) is 3.30. The number of likely N-dealkylation sites (tertiary alicyclic amines) is 1. The fraction of sp³-hybridized carbons (Fsp3) is 0.550. The number of aliphatic imine (C=N–C) groups is 1. The molecule has 0 aromatic heterocycles. The van der Waals surface area contributed by atoms with Gasteiger partial charge in [0, 0.05) is 25.9 Å². The maximum absolute atomic E-state index is 11.9. The minimum absolute atomic E-state index is 0. The molecule has 1 aliphatic rings. The fourth-order valence-electron chi connectivity index (χ4n) is 2.74. The highest BCUT2D eigenvalue weighted by molar-refractivity contribution is 14.0. The van der Waals surface area contributed by atoms with Gasteiger partial charge < -0.3 is 10.2 Å². The monoisotopic (exact) mass is 505 g/mol. The summed E-state index contributed by atoms with van der Waals surface area (Å²) in [6.45, 7) is 8.30. The summed E-state index contributed by atoms with van der Waals surface area (Å²) in [4.78, 5) is 6.84. The van der Waals surface area contributed by atoms with Crippen LogP contribution in [0.4, 0.5) is 0 Å². The van der Waals surface area contributed by atoms with Crippen molar-refractivity contribution in [3.63, 3.8) is 0 Å². The number of hydrogen-bond acceptors (Lipinski definition) is 3. The van der Waals surface area contributed by atoms with Crippen molar-refractivity contribution >= 4 is 45.8 Å². The van der Waals surface area contributed by atoms with Crippen LogP contribution in [0.2, 0.25) is 0 Å². The molecule has 0 aliphatic carbocycles. The smallest absolute Gasteiger partial charge is 0.193 e. The average molecular weight is 505 g/mol. The van der Waals surface area contributed by atoms with Crippen molar-refractivity contribution in [2.24, 2.45) is 4.99 Å². The third kappa shape index (κ3) is 7.10. The first kappa shape index (κ1) is 23.9. The van der Waals surface area contributed by atoms with Crippen molar-refractivity contribution in [3.8, 4) is 0 Å². The molecule has 5 nitrogen and oxygen atoms in total. The normalized spacial score (nSPS) is 15.9. The molecule has 7 heteroatoms. The highest BCUT2D eigenvalue weighted by Crippen LogP contribution is 2.20. The molecule has 0 saturated carbocycles. The van der Waals surface area contributed by atoms with Crippen LogP contribution in [0.5, 0.6) is 0 Å². The Morgan fingerprint density at radius 2 is 1.81 bits per heavy atom. The first-order valence-electron chi connectivity index (χ1n) is 9.20. The second-order valence-electron chi connectivity index (χ2n) is 7.40. The van der Waals surface area contributed by atoms with Crippen LogP contribution in [0, 0.1) is 0 Å². The van der Waals surface area contributed by atoms with Crippen LogP contribution >= 0.6 is 24.0 Å². The topological polar surface area (TPSA) is 61.8 Å². The molecule has 2 rings (SSSR count). The Morgan fingerprint density at radius 1 is 1.22 bits per heavy atom. The molecular formula is C20H32IN3O2S. The molecule has 1 fully saturated rings. The van der Waals surface area contributed by atoms with E-state index in [2.05, 4.69) is 45.6 Å². The summed E-state index contributed by atoms with van der Waals surface area (Å²) in [7, 11) is -3.15. The van der Waals surface area contributed by atoms with Crippen molar-refractivity contribution < 1.29 is 8.42 Å². The van der Waals surface area contributed by atoms with E-state index in [4.69, 9.17) is 0 Å². The predicted octanol–water partition coefficient (Wildman–Crippen LogP) is 3.57. The highest BCUT2D eigenvalue weighted by atomic mass is 127. The van der Waals surface area contributed by atoms with E-state index in [0.29, 0.717) is 0 Å². The second kappa shape index (κ2) is 10.5. The van der Waals surface area contributed by atoms with Gasteiger partial charge in [0.1, 0.15) is 0 Å².